The second-order valence-electron chi connectivity index (χ2n) is 4.98. The smallest absolute Gasteiger partial charge is 0.165 e. The van der Waals surface area contributed by atoms with Gasteiger partial charge in [-0.3, -0.25) is 0 Å². The number of ether oxygens (including phenoxy) is 2. The van der Waals surface area contributed by atoms with Crippen molar-refractivity contribution < 1.29 is 14.6 Å². The first-order valence-corrected chi connectivity index (χ1v) is 6.99. The lowest BCUT2D eigenvalue weighted by Gasteiger charge is -2.26. The molecule has 0 atom stereocenters. The number of fused-ring (bicyclic) bond motifs is 1. The zero-order chi connectivity index (χ0) is 13.7. The van der Waals surface area contributed by atoms with Crippen LogP contribution in [0, 0.1) is 0 Å². The van der Waals surface area contributed by atoms with E-state index in [1.807, 2.05) is 32.0 Å². The van der Waals surface area contributed by atoms with Gasteiger partial charge in [0.1, 0.15) is 13.2 Å². The van der Waals surface area contributed by atoms with E-state index in [9.17, 15) is 5.11 Å². The summed E-state index contributed by atoms with van der Waals surface area (Å²) in [5, 5.41) is 13.5. The van der Waals surface area contributed by atoms with Crippen LogP contribution in [0.25, 0.3) is 0 Å². The van der Waals surface area contributed by atoms with E-state index < -0.39 is 5.60 Å². The van der Waals surface area contributed by atoms with Gasteiger partial charge in [-0.1, -0.05) is 26.0 Å². The molecule has 19 heavy (non-hydrogen) atoms. The van der Waals surface area contributed by atoms with Crippen LogP contribution in [-0.2, 0) is 6.54 Å². The molecule has 2 rings (SSSR count). The predicted molar refractivity (Wildman–Crippen MR) is 74.7 cm³/mol. The third-order valence-corrected chi connectivity index (χ3v) is 3.73. The van der Waals surface area contributed by atoms with Crippen molar-refractivity contribution in [1.82, 2.24) is 5.32 Å². The number of rotatable bonds is 6. The maximum atomic E-state index is 10.2. The van der Waals surface area contributed by atoms with Crippen LogP contribution in [0.5, 0.6) is 11.5 Å². The lowest BCUT2D eigenvalue weighted by atomic mass is 9.97. The molecule has 1 aliphatic heterocycles. The van der Waals surface area contributed by atoms with Gasteiger partial charge in [-0.25, -0.2) is 0 Å². The third kappa shape index (κ3) is 3.39. The number of para-hydroxylation sites is 1. The SMILES string of the molecule is CCC(O)(CC)CNCc1cccc2c1OCCO2. The molecule has 2 N–H and O–H groups in total. The van der Waals surface area contributed by atoms with E-state index >= 15 is 0 Å². The van der Waals surface area contributed by atoms with Crippen LogP contribution < -0.4 is 14.8 Å². The first-order chi connectivity index (χ1) is 9.18. The molecule has 1 aromatic rings. The number of hydrogen-bond acceptors (Lipinski definition) is 4. The fourth-order valence-electron chi connectivity index (χ4n) is 2.20. The summed E-state index contributed by atoms with van der Waals surface area (Å²) < 4.78 is 11.2. The fraction of sp³-hybridized carbons (Fsp3) is 0.600. The van der Waals surface area contributed by atoms with Crippen LogP contribution in [0.1, 0.15) is 32.3 Å². The summed E-state index contributed by atoms with van der Waals surface area (Å²) in [5.74, 6) is 1.64. The molecule has 0 fully saturated rings. The zero-order valence-electron chi connectivity index (χ0n) is 11.7. The molecule has 4 heteroatoms. The van der Waals surface area contributed by atoms with Crippen LogP contribution >= 0.6 is 0 Å². The van der Waals surface area contributed by atoms with Gasteiger partial charge in [0.25, 0.3) is 0 Å². The van der Waals surface area contributed by atoms with Crippen LogP contribution in [0.4, 0.5) is 0 Å². The van der Waals surface area contributed by atoms with E-state index in [4.69, 9.17) is 9.47 Å². The highest BCUT2D eigenvalue weighted by molar-refractivity contribution is 5.47. The van der Waals surface area contributed by atoms with Crippen LogP contribution in [0.15, 0.2) is 18.2 Å². The molecule has 0 radical (unpaired) electrons. The Hall–Kier alpha value is -1.26. The molecule has 1 aromatic carbocycles. The monoisotopic (exact) mass is 265 g/mol. The second-order valence-corrected chi connectivity index (χ2v) is 4.98. The zero-order valence-corrected chi connectivity index (χ0v) is 11.7. The summed E-state index contributed by atoms with van der Waals surface area (Å²) >= 11 is 0. The van der Waals surface area contributed by atoms with Gasteiger partial charge in [-0.15, -0.1) is 0 Å². The number of benzene rings is 1. The molecule has 0 saturated carbocycles. The lowest BCUT2D eigenvalue weighted by molar-refractivity contribution is 0.0322. The average molecular weight is 265 g/mol. The predicted octanol–water partition coefficient (Wildman–Crippen LogP) is 2.10. The van der Waals surface area contributed by atoms with Crippen molar-refractivity contribution in [2.45, 2.75) is 38.8 Å². The van der Waals surface area contributed by atoms with Gasteiger partial charge in [0.05, 0.1) is 5.60 Å². The number of hydrogen-bond donors (Lipinski definition) is 2. The minimum atomic E-state index is -0.619. The van der Waals surface area contributed by atoms with Gasteiger partial charge in [0.15, 0.2) is 11.5 Å². The van der Waals surface area contributed by atoms with E-state index in [2.05, 4.69) is 5.32 Å². The molecule has 0 saturated heterocycles. The number of nitrogens with one attached hydrogen (secondary N) is 1. The highest BCUT2D eigenvalue weighted by Gasteiger charge is 2.22. The van der Waals surface area contributed by atoms with Crippen molar-refractivity contribution in [2.75, 3.05) is 19.8 Å². The van der Waals surface area contributed by atoms with Gasteiger partial charge in [-0.2, -0.15) is 0 Å². The molecule has 0 aromatic heterocycles. The van der Waals surface area contributed by atoms with Gasteiger partial charge in [0.2, 0.25) is 0 Å². The highest BCUT2D eigenvalue weighted by Crippen LogP contribution is 2.33. The average Bonchev–Trinajstić information content (AvgIpc) is 2.47. The van der Waals surface area contributed by atoms with Crippen molar-refractivity contribution in [3.63, 3.8) is 0 Å². The second kappa shape index (κ2) is 6.26. The Labute approximate surface area is 114 Å². The Kier molecular flexibility index (Phi) is 4.66. The van der Waals surface area contributed by atoms with E-state index in [0.717, 1.165) is 29.9 Å². The van der Waals surface area contributed by atoms with E-state index in [0.29, 0.717) is 26.3 Å². The maximum Gasteiger partial charge on any atom is 0.165 e. The van der Waals surface area contributed by atoms with Crippen molar-refractivity contribution in [3.8, 4) is 11.5 Å². The molecule has 0 spiro atoms. The standard InChI is InChI=1S/C15H23NO3/c1-3-15(17,4-2)11-16-10-12-6-5-7-13-14(12)19-9-8-18-13/h5-7,16-17H,3-4,8-11H2,1-2H3. The quantitative estimate of drug-likeness (QED) is 0.827. The molecule has 0 amide bonds. The molecule has 1 aliphatic rings. The first-order valence-electron chi connectivity index (χ1n) is 6.99. The molecule has 106 valence electrons. The molecular formula is C15H23NO3. The largest absolute Gasteiger partial charge is 0.486 e. The van der Waals surface area contributed by atoms with Crippen LogP contribution in [0.2, 0.25) is 0 Å². The van der Waals surface area contributed by atoms with Gasteiger partial charge >= 0.3 is 0 Å². The lowest BCUT2D eigenvalue weighted by Crippen LogP contribution is -2.39. The third-order valence-electron chi connectivity index (χ3n) is 3.73. The Balaban J connectivity index is 1.97. The van der Waals surface area contributed by atoms with E-state index in [1.165, 1.54) is 0 Å². The highest BCUT2D eigenvalue weighted by atomic mass is 16.6. The van der Waals surface area contributed by atoms with Gasteiger partial charge < -0.3 is 19.9 Å². The number of aliphatic hydroxyl groups is 1. The van der Waals surface area contributed by atoms with Crippen molar-refractivity contribution in [1.29, 1.82) is 0 Å². The molecule has 4 nitrogen and oxygen atoms in total. The summed E-state index contributed by atoms with van der Waals surface area (Å²) in [6.07, 6.45) is 1.51. The maximum absolute atomic E-state index is 10.2. The van der Waals surface area contributed by atoms with Gasteiger partial charge in [0, 0.05) is 18.7 Å². The minimum Gasteiger partial charge on any atom is -0.486 e. The van der Waals surface area contributed by atoms with Crippen molar-refractivity contribution in [2.24, 2.45) is 0 Å². The first kappa shape index (κ1) is 14.2. The van der Waals surface area contributed by atoms with Crippen LogP contribution in [-0.4, -0.2) is 30.5 Å². The van der Waals surface area contributed by atoms with E-state index in [1.54, 1.807) is 0 Å². The fourth-order valence-corrected chi connectivity index (χ4v) is 2.20. The summed E-state index contributed by atoms with van der Waals surface area (Å²) in [5.41, 5.74) is 0.457. The van der Waals surface area contributed by atoms with Crippen LogP contribution in [0.3, 0.4) is 0 Å². The summed E-state index contributed by atoms with van der Waals surface area (Å²) in [4.78, 5) is 0. The summed E-state index contributed by atoms with van der Waals surface area (Å²) in [6.45, 7) is 6.48. The Bertz CT molecular complexity index is 416. The normalized spacial score (nSPS) is 14.5. The minimum absolute atomic E-state index is 0.588. The van der Waals surface area contributed by atoms with Crippen molar-refractivity contribution >= 4 is 0 Å². The summed E-state index contributed by atoms with van der Waals surface area (Å²) in [6, 6.07) is 5.92. The van der Waals surface area contributed by atoms with Crippen molar-refractivity contribution in [3.05, 3.63) is 23.8 Å². The molecule has 0 unspecified atom stereocenters. The molecule has 1 heterocycles. The van der Waals surface area contributed by atoms with E-state index in [-0.39, 0.29) is 0 Å². The Morgan fingerprint density at radius 3 is 2.68 bits per heavy atom. The topological polar surface area (TPSA) is 50.7 Å². The summed E-state index contributed by atoms with van der Waals surface area (Å²) in [7, 11) is 0. The molecular weight excluding hydrogens is 242 g/mol. The molecule has 0 aliphatic carbocycles. The Morgan fingerprint density at radius 2 is 1.95 bits per heavy atom. The molecule has 0 bridgehead atoms. The van der Waals surface area contributed by atoms with Gasteiger partial charge in [-0.05, 0) is 18.9 Å². The Morgan fingerprint density at radius 1 is 1.21 bits per heavy atom.